The van der Waals surface area contributed by atoms with Crippen molar-refractivity contribution in [1.29, 1.82) is 0 Å². The van der Waals surface area contributed by atoms with Gasteiger partial charge in [0.1, 0.15) is 0 Å². The maximum Gasteiger partial charge on any atom is 0.0218 e. The second-order valence-electron chi connectivity index (χ2n) is 6.67. The van der Waals surface area contributed by atoms with Crippen molar-refractivity contribution in [2.24, 2.45) is 5.92 Å². The largest absolute Gasteiger partial charge is 0.252 e. The van der Waals surface area contributed by atoms with E-state index in [2.05, 4.69) is 31.2 Å². The molecule has 18 heavy (non-hydrogen) atoms. The van der Waals surface area contributed by atoms with Gasteiger partial charge < -0.3 is 0 Å². The molecule has 2 rings (SSSR count). The first-order valence-corrected chi connectivity index (χ1v) is 8.25. The van der Waals surface area contributed by atoms with Crippen molar-refractivity contribution in [3.8, 4) is 0 Å². The molecule has 0 amide bonds. The van der Waals surface area contributed by atoms with Crippen LogP contribution in [0.3, 0.4) is 0 Å². The van der Waals surface area contributed by atoms with Crippen LogP contribution in [0.2, 0.25) is 0 Å². The van der Waals surface area contributed by atoms with Crippen LogP contribution >= 0.6 is 0 Å². The quantitative estimate of drug-likeness (QED) is 0.810. The highest BCUT2D eigenvalue weighted by Gasteiger charge is 2.28. The van der Waals surface area contributed by atoms with Gasteiger partial charge in [0.05, 0.1) is 0 Å². The van der Waals surface area contributed by atoms with E-state index in [4.69, 9.17) is 0 Å². The molecule has 0 aromatic rings. The highest BCUT2D eigenvalue weighted by atomic mass is 15.5. The Morgan fingerprint density at radius 3 is 2.11 bits per heavy atom. The van der Waals surface area contributed by atoms with Crippen LogP contribution in [0.4, 0.5) is 0 Å². The van der Waals surface area contributed by atoms with E-state index in [0.717, 1.165) is 24.0 Å². The van der Waals surface area contributed by atoms with E-state index in [-0.39, 0.29) is 0 Å². The Morgan fingerprint density at radius 1 is 0.944 bits per heavy atom. The van der Waals surface area contributed by atoms with E-state index >= 15 is 0 Å². The summed E-state index contributed by atoms with van der Waals surface area (Å²) in [6.07, 6.45) is 12.6. The summed E-state index contributed by atoms with van der Waals surface area (Å²) in [5.41, 5.74) is 3.85. The molecular weight excluding hydrogens is 220 g/mol. The number of nitrogens with one attached hydrogen (secondary N) is 1. The molecule has 2 atom stereocenters. The molecule has 106 valence electrons. The predicted octanol–water partition coefficient (Wildman–Crippen LogP) is 4.11. The maximum atomic E-state index is 3.85. The number of nitrogens with zero attached hydrogens (tertiary/aromatic N) is 1. The van der Waals surface area contributed by atoms with Crippen LogP contribution in [0.25, 0.3) is 0 Å². The molecule has 2 aliphatic rings. The van der Waals surface area contributed by atoms with Gasteiger partial charge in [-0.15, -0.1) is 0 Å². The van der Waals surface area contributed by atoms with Crippen molar-refractivity contribution in [1.82, 2.24) is 10.4 Å². The zero-order chi connectivity index (χ0) is 13.0. The molecule has 1 saturated heterocycles. The lowest BCUT2D eigenvalue weighted by molar-refractivity contribution is 0.0196. The Morgan fingerprint density at radius 2 is 1.56 bits per heavy atom. The Kier molecular flexibility index (Phi) is 5.50. The Hall–Kier alpha value is -0.0800. The second kappa shape index (κ2) is 6.91. The van der Waals surface area contributed by atoms with Crippen molar-refractivity contribution in [2.45, 2.75) is 96.7 Å². The highest BCUT2D eigenvalue weighted by molar-refractivity contribution is 4.82. The smallest absolute Gasteiger partial charge is 0.0218 e. The average molecular weight is 252 g/mol. The summed E-state index contributed by atoms with van der Waals surface area (Å²) in [6, 6.07) is 2.20. The van der Waals surface area contributed by atoms with Gasteiger partial charge in [-0.2, -0.15) is 0 Å². The van der Waals surface area contributed by atoms with Crippen molar-refractivity contribution >= 4 is 0 Å². The molecule has 1 aliphatic carbocycles. The summed E-state index contributed by atoms with van der Waals surface area (Å²) in [4.78, 5) is 0. The maximum absolute atomic E-state index is 3.85. The molecule has 2 nitrogen and oxygen atoms in total. The van der Waals surface area contributed by atoms with Crippen LogP contribution in [0.5, 0.6) is 0 Å². The zero-order valence-electron chi connectivity index (χ0n) is 12.6. The minimum absolute atomic E-state index is 0.724. The van der Waals surface area contributed by atoms with Crippen LogP contribution < -0.4 is 5.43 Å². The second-order valence-corrected chi connectivity index (χ2v) is 6.67. The first-order chi connectivity index (χ1) is 8.70. The summed E-state index contributed by atoms with van der Waals surface area (Å²) in [5.74, 6) is 1.02. The van der Waals surface area contributed by atoms with Crippen LogP contribution in [-0.2, 0) is 0 Å². The van der Waals surface area contributed by atoms with E-state index < -0.39 is 0 Å². The van der Waals surface area contributed by atoms with Crippen LogP contribution in [0.15, 0.2) is 0 Å². The monoisotopic (exact) mass is 252 g/mol. The van der Waals surface area contributed by atoms with E-state index in [9.17, 15) is 0 Å². The fourth-order valence-electron chi connectivity index (χ4n) is 3.88. The summed E-state index contributed by atoms with van der Waals surface area (Å²) in [5, 5.41) is 2.56. The standard InChI is InChI=1S/C16H32N2/c1-4-6-15-9-11-16(12-10-15)17-18-13(2)7-5-8-14(18)3/h13-17H,4-12H2,1-3H3. The molecule has 2 heteroatoms. The lowest BCUT2D eigenvalue weighted by atomic mass is 9.84. The average Bonchev–Trinajstić information content (AvgIpc) is 2.36. The minimum atomic E-state index is 0.724. The molecule has 0 spiro atoms. The van der Waals surface area contributed by atoms with Gasteiger partial charge in [-0.25, -0.2) is 5.01 Å². The molecule has 1 heterocycles. The first kappa shape index (κ1) is 14.3. The van der Waals surface area contributed by atoms with Crippen LogP contribution in [-0.4, -0.2) is 23.1 Å². The fraction of sp³-hybridized carbons (Fsp3) is 1.00. The lowest BCUT2D eigenvalue weighted by Gasteiger charge is -2.43. The van der Waals surface area contributed by atoms with Gasteiger partial charge >= 0.3 is 0 Å². The number of hydrogen-bond acceptors (Lipinski definition) is 2. The summed E-state index contributed by atoms with van der Waals surface area (Å²) >= 11 is 0. The molecule has 0 bridgehead atoms. The third kappa shape index (κ3) is 3.71. The summed E-state index contributed by atoms with van der Waals surface area (Å²) in [6.45, 7) is 7.08. The Labute approximate surface area is 113 Å². The predicted molar refractivity (Wildman–Crippen MR) is 78.4 cm³/mol. The van der Waals surface area contributed by atoms with Crippen LogP contribution in [0, 0.1) is 5.92 Å². The normalized spacial score (nSPS) is 38.8. The van der Waals surface area contributed by atoms with Crippen molar-refractivity contribution < 1.29 is 0 Å². The molecule has 1 saturated carbocycles. The molecule has 2 unspecified atom stereocenters. The highest BCUT2D eigenvalue weighted by Crippen LogP contribution is 2.29. The molecular formula is C16H32N2. The van der Waals surface area contributed by atoms with Crippen molar-refractivity contribution in [2.75, 3.05) is 0 Å². The first-order valence-electron chi connectivity index (χ1n) is 8.25. The van der Waals surface area contributed by atoms with Crippen LogP contribution in [0.1, 0.15) is 78.6 Å². The van der Waals surface area contributed by atoms with E-state index in [1.54, 1.807) is 0 Å². The van der Waals surface area contributed by atoms with Gasteiger partial charge in [-0.05, 0) is 58.3 Å². The van der Waals surface area contributed by atoms with Crippen molar-refractivity contribution in [3.63, 3.8) is 0 Å². The Bertz CT molecular complexity index is 223. The lowest BCUT2D eigenvalue weighted by Crippen LogP contribution is -2.56. The number of rotatable bonds is 4. The van der Waals surface area contributed by atoms with Gasteiger partial charge in [-0.1, -0.05) is 26.2 Å². The van der Waals surface area contributed by atoms with Gasteiger partial charge in [0.25, 0.3) is 0 Å². The van der Waals surface area contributed by atoms with Crippen molar-refractivity contribution in [3.05, 3.63) is 0 Å². The van der Waals surface area contributed by atoms with Gasteiger partial charge in [-0.3, -0.25) is 5.43 Å². The third-order valence-corrected chi connectivity index (χ3v) is 5.07. The van der Waals surface area contributed by atoms with E-state index in [0.29, 0.717) is 0 Å². The molecule has 1 N–H and O–H groups in total. The van der Waals surface area contributed by atoms with Gasteiger partial charge in [0.15, 0.2) is 0 Å². The molecule has 1 aliphatic heterocycles. The summed E-state index contributed by atoms with van der Waals surface area (Å²) in [7, 11) is 0. The molecule has 0 aromatic heterocycles. The van der Waals surface area contributed by atoms with E-state index in [1.807, 2.05) is 0 Å². The number of piperidine rings is 1. The summed E-state index contributed by atoms with van der Waals surface area (Å²) < 4.78 is 0. The topological polar surface area (TPSA) is 15.3 Å². The van der Waals surface area contributed by atoms with Gasteiger partial charge in [0, 0.05) is 18.1 Å². The Balaban J connectivity index is 1.76. The minimum Gasteiger partial charge on any atom is -0.252 e. The third-order valence-electron chi connectivity index (χ3n) is 5.07. The SMILES string of the molecule is CCCC1CCC(NN2C(C)CCCC2C)CC1. The molecule has 0 aromatic carbocycles. The number of hydrazine groups is 1. The molecule has 0 radical (unpaired) electrons. The van der Waals surface area contributed by atoms with E-state index in [1.165, 1.54) is 57.8 Å². The number of hydrogen-bond donors (Lipinski definition) is 1. The van der Waals surface area contributed by atoms with Gasteiger partial charge in [0.2, 0.25) is 0 Å². The fourth-order valence-corrected chi connectivity index (χ4v) is 3.88. The zero-order valence-corrected chi connectivity index (χ0v) is 12.6. The molecule has 2 fully saturated rings.